The summed E-state index contributed by atoms with van der Waals surface area (Å²) in [7, 11) is 0. The number of carbonyl (C=O) groups is 1. The lowest BCUT2D eigenvalue weighted by atomic mass is 10.2. The molecule has 110 valence electrons. The van der Waals surface area contributed by atoms with Gasteiger partial charge in [-0.2, -0.15) is 0 Å². The number of H-pyrrole nitrogens is 1. The van der Waals surface area contributed by atoms with Gasteiger partial charge in [-0.1, -0.05) is 11.6 Å². The van der Waals surface area contributed by atoms with Gasteiger partial charge in [0.2, 0.25) is 5.91 Å². The van der Waals surface area contributed by atoms with E-state index in [1.54, 1.807) is 24.3 Å². The van der Waals surface area contributed by atoms with E-state index in [2.05, 4.69) is 15.3 Å². The number of aromatic amines is 1. The smallest absolute Gasteiger partial charge is 0.254 e. The fourth-order valence-corrected chi connectivity index (χ4v) is 1.86. The third-order valence-corrected chi connectivity index (χ3v) is 3.03. The molecule has 7 heteroatoms. The van der Waals surface area contributed by atoms with Crippen LogP contribution in [0.1, 0.15) is 5.56 Å². The Hall–Kier alpha value is -2.18. The molecule has 6 nitrogen and oxygen atoms in total. The van der Waals surface area contributed by atoms with Crippen molar-refractivity contribution >= 4 is 17.5 Å². The Kier molecular flexibility index (Phi) is 5.08. The number of hydrogen-bond donors (Lipinski definition) is 3. The van der Waals surface area contributed by atoms with Crippen LogP contribution in [0.5, 0.6) is 0 Å². The summed E-state index contributed by atoms with van der Waals surface area (Å²) in [4.78, 5) is 30.2. The molecule has 0 unspecified atom stereocenters. The van der Waals surface area contributed by atoms with E-state index in [1.807, 2.05) is 0 Å². The van der Waals surface area contributed by atoms with E-state index in [9.17, 15) is 9.59 Å². The first-order valence-electron chi connectivity index (χ1n) is 6.32. The maximum Gasteiger partial charge on any atom is 0.254 e. The highest BCUT2D eigenvalue weighted by Crippen LogP contribution is 2.16. The molecule has 1 amide bonds. The van der Waals surface area contributed by atoms with Gasteiger partial charge in [-0.3, -0.25) is 9.59 Å². The zero-order valence-electron chi connectivity index (χ0n) is 11.1. The minimum atomic E-state index is -0.367. The van der Waals surface area contributed by atoms with Crippen LogP contribution >= 0.6 is 11.6 Å². The molecule has 0 aliphatic carbocycles. The van der Waals surface area contributed by atoms with Crippen molar-refractivity contribution in [2.45, 2.75) is 6.42 Å². The maximum absolute atomic E-state index is 11.9. The molecule has 1 aromatic heterocycles. The largest absolute Gasteiger partial charge is 0.395 e. The van der Waals surface area contributed by atoms with E-state index < -0.39 is 0 Å². The summed E-state index contributed by atoms with van der Waals surface area (Å²) in [5, 5.41) is 11.7. The highest BCUT2D eigenvalue weighted by Gasteiger charge is 2.09. The average molecular weight is 308 g/mol. The van der Waals surface area contributed by atoms with E-state index in [-0.39, 0.29) is 36.6 Å². The Labute approximate surface area is 125 Å². The summed E-state index contributed by atoms with van der Waals surface area (Å²) >= 11 is 5.80. The molecule has 0 atom stereocenters. The van der Waals surface area contributed by atoms with E-state index in [1.165, 1.54) is 6.20 Å². The number of nitrogens with zero attached hydrogens (tertiary/aromatic N) is 1. The minimum absolute atomic E-state index is 0.0801. The van der Waals surface area contributed by atoms with Crippen molar-refractivity contribution in [3.05, 3.63) is 51.4 Å². The number of nitrogens with one attached hydrogen (secondary N) is 2. The van der Waals surface area contributed by atoms with Crippen molar-refractivity contribution < 1.29 is 9.90 Å². The molecular formula is C14H14ClN3O3. The number of hydrogen-bond acceptors (Lipinski definition) is 4. The molecule has 0 saturated carbocycles. The third kappa shape index (κ3) is 4.14. The molecule has 0 aliphatic heterocycles. The van der Waals surface area contributed by atoms with Gasteiger partial charge >= 0.3 is 0 Å². The Bertz CT molecular complexity index is 683. The quantitative estimate of drug-likeness (QED) is 0.759. The molecule has 0 fully saturated rings. The lowest BCUT2D eigenvalue weighted by Gasteiger charge is -2.04. The molecule has 1 aromatic carbocycles. The second kappa shape index (κ2) is 7.01. The molecule has 0 bridgehead atoms. The van der Waals surface area contributed by atoms with Crippen LogP contribution in [-0.2, 0) is 11.2 Å². The van der Waals surface area contributed by atoms with Crippen LogP contribution in [0, 0.1) is 0 Å². The van der Waals surface area contributed by atoms with Crippen molar-refractivity contribution in [2.75, 3.05) is 13.2 Å². The lowest BCUT2D eigenvalue weighted by molar-refractivity contribution is -0.120. The van der Waals surface area contributed by atoms with Gasteiger partial charge in [-0.15, -0.1) is 0 Å². The Morgan fingerprint density at radius 3 is 2.67 bits per heavy atom. The van der Waals surface area contributed by atoms with Gasteiger partial charge in [0.1, 0.15) is 5.82 Å². The van der Waals surface area contributed by atoms with Crippen LogP contribution in [0.3, 0.4) is 0 Å². The van der Waals surface area contributed by atoms with Gasteiger partial charge in [0.25, 0.3) is 5.56 Å². The minimum Gasteiger partial charge on any atom is -0.395 e. The zero-order valence-corrected chi connectivity index (χ0v) is 11.9. The first-order chi connectivity index (χ1) is 10.1. The van der Waals surface area contributed by atoms with E-state index in [0.717, 1.165) is 5.56 Å². The van der Waals surface area contributed by atoms with Gasteiger partial charge < -0.3 is 15.4 Å². The van der Waals surface area contributed by atoms with Gasteiger partial charge in [0, 0.05) is 28.9 Å². The SMILES string of the molecule is O=C(Cc1cnc(-c2ccc(Cl)cc2)[nH]c1=O)NCCO. The summed E-state index contributed by atoms with van der Waals surface area (Å²) < 4.78 is 0. The van der Waals surface area contributed by atoms with Gasteiger partial charge in [-0.25, -0.2) is 4.98 Å². The maximum atomic E-state index is 11.9. The van der Waals surface area contributed by atoms with Crippen LogP contribution in [-0.4, -0.2) is 34.1 Å². The van der Waals surface area contributed by atoms with E-state index >= 15 is 0 Å². The molecule has 2 aromatic rings. The predicted octanol–water partition coefficient (Wildman–Crippen LogP) is 0.741. The van der Waals surface area contributed by atoms with E-state index in [4.69, 9.17) is 16.7 Å². The van der Waals surface area contributed by atoms with E-state index in [0.29, 0.717) is 10.8 Å². The summed E-state index contributed by atoms with van der Waals surface area (Å²) in [6.07, 6.45) is 1.30. The molecule has 0 radical (unpaired) electrons. The Morgan fingerprint density at radius 2 is 2.05 bits per heavy atom. The highest BCUT2D eigenvalue weighted by atomic mass is 35.5. The first kappa shape index (κ1) is 15.2. The van der Waals surface area contributed by atoms with Crippen LogP contribution in [0.2, 0.25) is 5.02 Å². The number of aliphatic hydroxyl groups is 1. The summed E-state index contributed by atoms with van der Waals surface area (Å²) in [5.41, 5.74) is 0.630. The molecule has 3 N–H and O–H groups in total. The highest BCUT2D eigenvalue weighted by molar-refractivity contribution is 6.30. The standard InChI is InChI=1S/C14H14ClN3O3/c15-11-3-1-9(2-4-11)13-17-8-10(14(21)18-13)7-12(20)16-5-6-19/h1-4,8,19H,5-7H2,(H,16,20)(H,17,18,21). The molecule has 0 aliphatic rings. The lowest BCUT2D eigenvalue weighted by Crippen LogP contribution is -2.30. The first-order valence-corrected chi connectivity index (χ1v) is 6.69. The van der Waals surface area contributed by atoms with Crippen LogP contribution in [0.15, 0.2) is 35.3 Å². The zero-order chi connectivity index (χ0) is 15.2. The van der Waals surface area contributed by atoms with Crippen molar-refractivity contribution in [3.63, 3.8) is 0 Å². The average Bonchev–Trinajstić information content (AvgIpc) is 2.48. The Morgan fingerprint density at radius 1 is 1.33 bits per heavy atom. The van der Waals surface area contributed by atoms with Crippen molar-refractivity contribution in [1.82, 2.24) is 15.3 Å². The van der Waals surface area contributed by atoms with Gasteiger partial charge in [0.05, 0.1) is 13.0 Å². The molecule has 21 heavy (non-hydrogen) atoms. The second-order valence-corrected chi connectivity index (χ2v) is 4.78. The fourth-order valence-electron chi connectivity index (χ4n) is 1.73. The molecule has 1 heterocycles. The monoisotopic (exact) mass is 307 g/mol. The van der Waals surface area contributed by atoms with Crippen LogP contribution < -0.4 is 10.9 Å². The number of aliphatic hydroxyl groups excluding tert-OH is 1. The number of benzene rings is 1. The summed E-state index contributed by atoms with van der Waals surface area (Å²) in [5.74, 6) is 0.0757. The number of rotatable bonds is 5. The number of halogens is 1. The third-order valence-electron chi connectivity index (χ3n) is 2.78. The van der Waals surface area contributed by atoms with Gasteiger partial charge in [0.15, 0.2) is 0 Å². The topological polar surface area (TPSA) is 95.1 Å². The normalized spacial score (nSPS) is 10.4. The van der Waals surface area contributed by atoms with Crippen molar-refractivity contribution in [1.29, 1.82) is 0 Å². The number of aromatic nitrogens is 2. The molecule has 0 spiro atoms. The van der Waals surface area contributed by atoms with Crippen LogP contribution in [0.4, 0.5) is 0 Å². The van der Waals surface area contributed by atoms with Crippen molar-refractivity contribution in [3.8, 4) is 11.4 Å². The van der Waals surface area contributed by atoms with Gasteiger partial charge in [-0.05, 0) is 24.3 Å². The molecular weight excluding hydrogens is 294 g/mol. The fraction of sp³-hybridized carbons (Fsp3) is 0.214. The summed E-state index contributed by atoms with van der Waals surface area (Å²) in [6.45, 7) is 0.0167. The Balaban J connectivity index is 2.16. The molecule has 2 rings (SSSR count). The number of carbonyl (C=O) groups excluding carboxylic acids is 1. The summed E-state index contributed by atoms with van der Waals surface area (Å²) in [6, 6.07) is 6.89. The van der Waals surface area contributed by atoms with Crippen LogP contribution in [0.25, 0.3) is 11.4 Å². The number of amides is 1. The predicted molar refractivity (Wildman–Crippen MR) is 79.1 cm³/mol. The van der Waals surface area contributed by atoms with Crippen molar-refractivity contribution in [2.24, 2.45) is 0 Å². The molecule has 0 saturated heterocycles. The second-order valence-electron chi connectivity index (χ2n) is 4.34.